The zero-order chi connectivity index (χ0) is 13.0. The molecule has 0 aliphatic heterocycles. The first-order chi connectivity index (χ1) is 8.72. The lowest BCUT2D eigenvalue weighted by Crippen LogP contribution is -1.99. The summed E-state index contributed by atoms with van der Waals surface area (Å²) in [6, 6.07) is 9.28. The van der Waals surface area contributed by atoms with Gasteiger partial charge in [0.25, 0.3) is 0 Å². The SMILES string of the molecule is COc1ccc(Nc2ccc(CN)cn2)cc1Cl. The normalized spacial score (nSPS) is 10.2. The molecule has 0 radical (unpaired) electrons. The summed E-state index contributed by atoms with van der Waals surface area (Å²) >= 11 is 6.04. The topological polar surface area (TPSA) is 60.2 Å². The molecular weight excluding hydrogens is 250 g/mol. The molecule has 1 aromatic heterocycles. The standard InChI is InChI=1S/C13H14ClN3O/c1-18-12-4-3-10(6-11(12)14)17-13-5-2-9(7-15)8-16-13/h2-6,8H,7,15H2,1H3,(H,16,17). The van der Waals surface area contributed by atoms with Gasteiger partial charge in [-0.3, -0.25) is 0 Å². The van der Waals surface area contributed by atoms with Crippen molar-refractivity contribution in [1.82, 2.24) is 4.98 Å². The molecule has 5 heteroatoms. The van der Waals surface area contributed by atoms with Crippen LogP contribution in [0, 0.1) is 0 Å². The number of rotatable bonds is 4. The van der Waals surface area contributed by atoms with Crippen LogP contribution in [0.2, 0.25) is 5.02 Å². The Morgan fingerprint density at radius 3 is 2.72 bits per heavy atom. The van der Waals surface area contributed by atoms with Crippen LogP contribution in [0.5, 0.6) is 5.75 Å². The highest BCUT2D eigenvalue weighted by atomic mass is 35.5. The van der Waals surface area contributed by atoms with E-state index in [-0.39, 0.29) is 0 Å². The summed E-state index contributed by atoms with van der Waals surface area (Å²) in [5.74, 6) is 1.39. The van der Waals surface area contributed by atoms with Gasteiger partial charge in [-0.25, -0.2) is 4.98 Å². The number of benzene rings is 1. The molecule has 0 bridgehead atoms. The summed E-state index contributed by atoms with van der Waals surface area (Å²) in [5.41, 5.74) is 7.36. The van der Waals surface area contributed by atoms with E-state index in [0.717, 1.165) is 17.1 Å². The lowest BCUT2D eigenvalue weighted by atomic mass is 10.2. The molecule has 1 aromatic carbocycles. The third-order valence-electron chi connectivity index (χ3n) is 2.48. The molecular formula is C13H14ClN3O. The second-order valence-corrected chi connectivity index (χ2v) is 4.14. The van der Waals surface area contributed by atoms with Crippen molar-refractivity contribution in [3.8, 4) is 5.75 Å². The molecule has 0 amide bonds. The number of pyridine rings is 1. The minimum Gasteiger partial charge on any atom is -0.495 e. The van der Waals surface area contributed by atoms with E-state index in [9.17, 15) is 0 Å². The first kappa shape index (κ1) is 12.7. The van der Waals surface area contributed by atoms with Crippen molar-refractivity contribution in [1.29, 1.82) is 0 Å². The van der Waals surface area contributed by atoms with Gasteiger partial charge in [0, 0.05) is 18.4 Å². The van der Waals surface area contributed by atoms with Crippen molar-refractivity contribution in [3.63, 3.8) is 0 Å². The van der Waals surface area contributed by atoms with Gasteiger partial charge in [-0.15, -0.1) is 0 Å². The quantitative estimate of drug-likeness (QED) is 0.890. The van der Waals surface area contributed by atoms with E-state index in [4.69, 9.17) is 22.1 Å². The summed E-state index contributed by atoms with van der Waals surface area (Å²) in [4.78, 5) is 4.25. The van der Waals surface area contributed by atoms with Crippen molar-refractivity contribution in [3.05, 3.63) is 47.1 Å². The Morgan fingerprint density at radius 2 is 2.17 bits per heavy atom. The van der Waals surface area contributed by atoms with Crippen molar-refractivity contribution in [2.45, 2.75) is 6.54 Å². The van der Waals surface area contributed by atoms with Gasteiger partial charge in [0.05, 0.1) is 12.1 Å². The Balaban J connectivity index is 2.15. The fourth-order valence-corrected chi connectivity index (χ4v) is 1.77. The van der Waals surface area contributed by atoms with E-state index in [1.165, 1.54) is 0 Å². The molecule has 0 saturated carbocycles. The summed E-state index contributed by atoms with van der Waals surface area (Å²) in [7, 11) is 1.58. The zero-order valence-electron chi connectivity index (χ0n) is 9.98. The predicted molar refractivity (Wildman–Crippen MR) is 73.4 cm³/mol. The summed E-state index contributed by atoms with van der Waals surface area (Å²) in [6.07, 6.45) is 1.74. The van der Waals surface area contributed by atoms with Crippen LogP contribution in [0.1, 0.15) is 5.56 Å². The van der Waals surface area contributed by atoms with E-state index in [2.05, 4.69) is 10.3 Å². The van der Waals surface area contributed by atoms with Gasteiger partial charge in [0.1, 0.15) is 11.6 Å². The third-order valence-corrected chi connectivity index (χ3v) is 2.78. The van der Waals surface area contributed by atoms with Crippen molar-refractivity contribution >= 4 is 23.1 Å². The van der Waals surface area contributed by atoms with E-state index >= 15 is 0 Å². The van der Waals surface area contributed by atoms with Crippen molar-refractivity contribution in [2.24, 2.45) is 5.73 Å². The highest BCUT2D eigenvalue weighted by Gasteiger charge is 2.02. The lowest BCUT2D eigenvalue weighted by Gasteiger charge is -2.08. The predicted octanol–water partition coefficient (Wildman–Crippen LogP) is 2.95. The third kappa shape index (κ3) is 2.91. The molecule has 94 valence electrons. The summed E-state index contributed by atoms with van der Waals surface area (Å²) in [6.45, 7) is 0.488. The van der Waals surface area contributed by atoms with Crippen LogP contribution in [-0.4, -0.2) is 12.1 Å². The number of ether oxygens (including phenoxy) is 1. The molecule has 0 spiro atoms. The molecule has 2 rings (SSSR count). The van der Waals surface area contributed by atoms with Gasteiger partial charge in [0.2, 0.25) is 0 Å². The van der Waals surface area contributed by atoms with Crippen LogP contribution in [-0.2, 0) is 6.54 Å². The number of hydrogen-bond donors (Lipinski definition) is 2. The maximum atomic E-state index is 6.04. The second-order valence-electron chi connectivity index (χ2n) is 3.73. The first-order valence-corrected chi connectivity index (χ1v) is 5.86. The highest BCUT2D eigenvalue weighted by molar-refractivity contribution is 6.32. The second kappa shape index (κ2) is 5.71. The van der Waals surface area contributed by atoms with Crippen LogP contribution in [0.3, 0.4) is 0 Å². The van der Waals surface area contributed by atoms with E-state index in [0.29, 0.717) is 17.3 Å². The largest absolute Gasteiger partial charge is 0.495 e. The van der Waals surface area contributed by atoms with E-state index in [1.54, 1.807) is 25.4 Å². The average Bonchev–Trinajstić information content (AvgIpc) is 2.40. The number of nitrogens with one attached hydrogen (secondary N) is 1. The average molecular weight is 264 g/mol. The Kier molecular flexibility index (Phi) is 4.02. The van der Waals surface area contributed by atoms with Gasteiger partial charge in [-0.1, -0.05) is 17.7 Å². The molecule has 0 unspecified atom stereocenters. The van der Waals surface area contributed by atoms with Crippen LogP contribution in [0.15, 0.2) is 36.5 Å². The minimum absolute atomic E-state index is 0.488. The maximum absolute atomic E-state index is 6.04. The van der Waals surface area contributed by atoms with Crippen LogP contribution in [0.4, 0.5) is 11.5 Å². The number of hydrogen-bond acceptors (Lipinski definition) is 4. The first-order valence-electron chi connectivity index (χ1n) is 5.48. The molecule has 4 nitrogen and oxygen atoms in total. The van der Waals surface area contributed by atoms with Crippen LogP contribution < -0.4 is 15.8 Å². The minimum atomic E-state index is 0.488. The number of aromatic nitrogens is 1. The maximum Gasteiger partial charge on any atom is 0.137 e. The molecule has 3 N–H and O–H groups in total. The smallest absolute Gasteiger partial charge is 0.137 e. The summed E-state index contributed by atoms with van der Waals surface area (Å²) < 4.78 is 5.09. The molecule has 0 aliphatic rings. The highest BCUT2D eigenvalue weighted by Crippen LogP contribution is 2.28. The summed E-state index contributed by atoms with van der Waals surface area (Å²) in [5, 5.41) is 3.71. The Labute approximate surface area is 111 Å². The Morgan fingerprint density at radius 1 is 1.33 bits per heavy atom. The Hall–Kier alpha value is -1.78. The van der Waals surface area contributed by atoms with E-state index in [1.807, 2.05) is 18.2 Å². The van der Waals surface area contributed by atoms with Crippen LogP contribution in [0.25, 0.3) is 0 Å². The molecule has 18 heavy (non-hydrogen) atoms. The van der Waals surface area contributed by atoms with Gasteiger partial charge in [-0.05, 0) is 29.8 Å². The molecule has 2 aromatic rings. The van der Waals surface area contributed by atoms with Gasteiger partial charge < -0.3 is 15.8 Å². The lowest BCUT2D eigenvalue weighted by molar-refractivity contribution is 0.415. The molecule has 0 atom stereocenters. The number of anilines is 2. The number of nitrogens with zero attached hydrogens (tertiary/aromatic N) is 1. The zero-order valence-corrected chi connectivity index (χ0v) is 10.7. The monoisotopic (exact) mass is 263 g/mol. The molecule has 0 saturated heterocycles. The number of halogens is 1. The van der Waals surface area contributed by atoms with Crippen molar-refractivity contribution < 1.29 is 4.74 Å². The molecule has 0 fully saturated rings. The van der Waals surface area contributed by atoms with Crippen LogP contribution >= 0.6 is 11.6 Å². The van der Waals surface area contributed by atoms with Gasteiger partial charge >= 0.3 is 0 Å². The van der Waals surface area contributed by atoms with E-state index < -0.39 is 0 Å². The fourth-order valence-electron chi connectivity index (χ4n) is 1.51. The number of methoxy groups -OCH3 is 1. The molecule has 0 aliphatic carbocycles. The van der Waals surface area contributed by atoms with Gasteiger partial charge in [-0.2, -0.15) is 0 Å². The number of nitrogens with two attached hydrogens (primary N) is 1. The Bertz CT molecular complexity index is 528. The van der Waals surface area contributed by atoms with Crippen molar-refractivity contribution in [2.75, 3.05) is 12.4 Å². The fraction of sp³-hybridized carbons (Fsp3) is 0.154. The molecule has 1 heterocycles. The van der Waals surface area contributed by atoms with Gasteiger partial charge in [0.15, 0.2) is 0 Å².